The van der Waals surface area contributed by atoms with E-state index in [0.29, 0.717) is 17.4 Å². The molecule has 6 nitrogen and oxygen atoms in total. The molecule has 2 aliphatic rings. The lowest BCUT2D eigenvalue weighted by Crippen LogP contribution is -2.32. The smallest absolute Gasteiger partial charge is 0.186 e. The maximum atomic E-state index is 14.3. The Labute approximate surface area is 128 Å². The highest BCUT2D eigenvalue weighted by Gasteiger charge is 2.29. The van der Waals surface area contributed by atoms with Crippen LogP contribution in [0.5, 0.6) is 0 Å². The average molecular weight is 302 g/mol. The first-order valence-electron chi connectivity index (χ1n) is 7.81. The highest BCUT2D eigenvalue weighted by molar-refractivity contribution is 5.40. The number of nitrogens with zero attached hydrogens (tertiary/aromatic N) is 5. The summed E-state index contributed by atoms with van der Waals surface area (Å²) < 4.78 is 16.4. The Bertz CT molecular complexity index is 721. The van der Waals surface area contributed by atoms with E-state index in [2.05, 4.69) is 30.0 Å². The summed E-state index contributed by atoms with van der Waals surface area (Å²) in [6.07, 6.45) is 3.97. The minimum atomic E-state index is -0.337. The monoisotopic (exact) mass is 302 g/mol. The van der Waals surface area contributed by atoms with Crippen molar-refractivity contribution in [1.29, 1.82) is 0 Å². The Balaban J connectivity index is 1.58. The van der Waals surface area contributed by atoms with Crippen molar-refractivity contribution in [3.63, 3.8) is 0 Å². The number of anilines is 1. The second-order valence-electron chi connectivity index (χ2n) is 6.26. The second kappa shape index (κ2) is 5.00. The SMILES string of the molecule is Cc1nc(C2CC2)nc(N[C@H]2CCc3nnc(C)n3C2)c1F. The van der Waals surface area contributed by atoms with Crippen molar-refractivity contribution < 1.29 is 4.39 Å². The summed E-state index contributed by atoms with van der Waals surface area (Å²) >= 11 is 0. The lowest BCUT2D eigenvalue weighted by molar-refractivity contribution is 0.465. The van der Waals surface area contributed by atoms with Crippen LogP contribution < -0.4 is 5.32 Å². The minimum Gasteiger partial charge on any atom is -0.363 e. The largest absolute Gasteiger partial charge is 0.363 e. The third-order valence-electron chi connectivity index (χ3n) is 4.45. The molecule has 2 aromatic rings. The van der Waals surface area contributed by atoms with Gasteiger partial charge in [0.2, 0.25) is 0 Å². The molecular weight excluding hydrogens is 283 g/mol. The van der Waals surface area contributed by atoms with E-state index in [4.69, 9.17) is 0 Å². The van der Waals surface area contributed by atoms with Gasteiger partial charge in [-0.25, -0.2) is 14.4 Å². The molecule has 7 heteroatoms. The molecule has 2 aromatic heterocycles. The molecule has 0 amide bonds. The Kier molecular flexibility index (Phi) is 3.09. The molecule has 4 rings (SSSR count). The molecule has 1 saturated carbocycles. The van der Waals surface area contributed by atoms with E-state index in [1.165, 1.54) is 0 Å². The third kappa shape index (κ3) is 2.34. The van der Waals surface area contributed by atoms with Crippen molar-refractivity contribution >= 4 is 5.82 Å². The van der Waals surface area contributed by atoms with E-state index in [0.717, 1.165) is 49.7 Å². The van der Waals surface area contributed by atoms with Gasteiger partial charge in [-0.15, -0.1) is 10.2 Å². The van der Waals surface area contributed by atoms with Crippen LogP contribution in [0.25, 0.3) is 0 Å². The van der Waals surface area contributed by atoms with Crippen LogP contribution in [-0.2, 0) is 13.0 Å². The molecule has 0 bridgehead atoms. The van der Waals surface area contributed by atoms with Crippen molar-refractivity contribution in [2.45, 2.75) is 58.0 Å². The Morgan fingerprint density at radius 2 is 1.95 bits per heavy atom. The van der Waals surface area contributed by atoms with Crippen LogP contribution in [0.2, 0.25) is 0 Å². The minimum absolute atomic E-state index is 0.137. The van der Waals surface area contributed by atoms with Crippen LogP contribution in [0, 0.1) is 19.7 Å². The molecule has 0 aromatic carbocycles. The molecule has 1 atom stereocenters. The van der Waals surface area contributed by atoms with Crippen LogP contribution in [0.4, 0.5) is 10.2 Å². The number of nitrogens with one attached hydrogen (secondary N) is 1. The summed E-state index contributed by atoms with van der Waals surface area (Å²) in [6.45, 7) is 4.39. The van der Waals surface area contributed by atoms with Gasteiger partial charge >= 0.3 is 0 Å². The van der Waals surface area contributed by atoms with E-state index in [9.17, 15) is 4.39 Å². The second-order valence-corrected chi connectivity index (χ2v) is 6.26. The van der Waals surface area contributed by atoms with Crippen molar-refractivity contribution in [3.05, 3.63) is 29.0 Å². The fourth-order valence-corrected chi connectivity index (χ4v) is 2.97. The third-order valence-corrected chi connectivity index (χ3v) is 4.45. The highest BCUT2D eigenvalue weighted by Crippen LogP contribution is 2.38. The quantitative estimate of drug-likeness (QED) is 0.940. The lowest BCUT2D eigenvalue weighted by Gasteiger charge is -2.25. The number of hydrogen-bond donors (Lipinski definition) is 1. The first kappa shape index (κ1) is 13.6. The Morgan fingerprint density at radius 3 is 2.73 bits per heavy atom. The summed E-state index contributed by atoms with van der Waals surface area (Å²) in [6, 6.07) is 0.137. The lowest BCUT2D eigenvalue weighted by atomic mass is 10.1. The zero-order chi connectivity index (χ0) is 15.3. The molecule has 0 spiro atoms. The van der Waals surface area contributed by atoms with E-state index in [-0.39, 0.29) is 11.9 Å². The molecular formula is C15H19FN6. The zero-order valence-electron chi connectivity index (χ0n) is 12.8. The van der Waals surface area contributed by atoms with Crippen LogP contribution in [0.3, 0.4) is 0 Å². The molecule has 1 aliphatic carbocycles. The van der Waals surface area contributed by atoms with Crippen molar-refractivity contribution in [3.8, 4) is 0 Å². The topological polar surface area (TPSA) is 68.5 Å². The highest BCUT2D eigenvalue weighted by atomic mass is 19.1. The van der Waals surface area contributed by atoms with Crippen molar-refractivity contribution in [1.82, 2.24) is 24.7 Å². The number of fused-ring (bicyclic) bond motifs is 1. The molecule has 1 N–H and O–H groups in total. The maximum absolute atomic E-state index is 14.3. The molecule has 3 heterocycles. The summed E-state index contributed by atoms with van der Waals surface area (Å²) in [7, 11) is 0. The van der Waals surface area contributed by atoms with E-state index in [1.807, 2.05) is 6.92 Å². The van der Waals surface area contributed by atoms with Crippen molar-refractivity contribution in [2.24, 2.45) is 0 Å². The summed E-state index contributed by atoms with van der Waals surface area (Å²) in [5.41, 5.74) is 0.427. The Morgan fingerprint density at radius 1 is 1.14 bits per heavy atom. The van der Waals surface area contributed by atoms with Gasteiger partial charge in [0.15, 0.2) is 11.6 Å². The predicted molar refractivity (Wildman–Crippen MR) is 79.2 cm³/mol. The van der Waals surface area contributed by atoms with E-state index >= 15 is 0 Å². The summed E-state index contributed by atoms with van der Waals surface area (Å²) in [4.78, 5) is 8.70. The van der Waals surface area contributed by atoms with E-state index < -0.39 is 0 Å². The van der Waals surface area contributed by atoms with Crippen LogP contribution in [0.1, 0.15) is 48.3 Å². The molecule has 0 radical (unpaired) electrons. The van der Waals surface area contributed by atoms with Crippen LogP contribution in [0.15, 0.2) is 0 Å². The van der Waals surface area contributed by atoms with Gasteiger partial charge in [-0.05, 0) is 33.1 Å². The maximum Gasteiger partial charge on any atom is 0.186 e. The van der Waals surface area contributed by atoms with Gasteiger partial charge in [0.25, 0.3) is 0 Å². The van der Waals surface area contributed by atoms with Gasteiger partial charge in [-0.3, -0.25) is 0 Å². The predicted octanol–water partition coefficient (Wildman–Crippen LogP) is 2.13. The Hall–Kier alpha value is -2.05. The molecule has 116 valence electrons. The van der Waals surface area contributed by atoms with Gasteiger partial charge in [0.05, 0.1) is 5.69 Å². The van der Waals surface area contributed by atoms with Gasteiger partial charge in [-0.1, -0.05) is 0 Å². The van der Waals surface area contributed by atoms with Gasteiger partial charge in [0, 0.05) is 24.9 Å². The van der Waals surface area contributed by atoms with Crippen molar-refractivity contribution in [2.75, 3.05) is 5.32 Å². The fraction of sp³-hybridized carbons (Fsp3) is 0.600. The number of aryl methyl sites for hydroxylation is 3. The first-order valence-corrected chi connectivity index (χ1v) is 7.81. The number of aromatic nitrogens is 5. The number of hydrogen-bond acceptors (Lipinski definition) is 5. The zero-order valence-corrected chi connectivity index (χ0v) is 12.8. The standard InChI is InChI=1S/C15H19FN6/c1-8-13(16)15(19-14(17-8)10-3-4-10)18-11-5-6-12-21-20-9(2)22(12)7-11/h10-11H,3-7H2,1-2H3,(H,17,18,19)/t11-/m0/s1. The van der Waals surface area contributed by atoms with Crippen LogP contribution in [-0.4, -0.2) is 30.8 Å². The normalized spacial score (nSPS) is 20.8. The molecule has 0 unspecified atom stereocenters. The molecule has 0 saturated heterocycles. The first-order chi connectivity index (χ1) is 10.6. The van der Waals surface area contributed by atoms with Gasteiger partial charge in [0.1, 0.15) is 17.5 Å². The van der Waals surface area contributed by atoms with E-state index in [1.54, 1.807) is 6.92 Å². The summed E-state index contributed by atoms with van der Waals surface area (Å²) in [5, 5.41) is 11.5. The number of rotatable bonds is 3. The van der Waals surface area contributed by atoms with Gasteiger partial charge < -0.3 is 9.88 Å². The van der Waals surface area contributed by atoms with Crippen LogP contribution >= 0.6 is 0 Å². The summed E-state index contributed by atoms with van der Waals surface area (Å²) in [5.74, 6) is 3.11. The average Bonchev–Trinajstić information content (AvgIpc) is 3.29. The fourth-order valence-electron chi connectivity index (χ4n) is 2.97. The molecule has 22 heavy (non-hydrogen) atoms. The van der Waals surface area contributed by atoms with Gasteiger partial charge in [-0.2, -0.15) is 0 Å². The molecule has 1 fully saturated rings. The molecule has 1 aliphatic heterocycles. The number of halogens is 1.